The van der Waals surface area contributed by atoms with Crippen LogP contribution in [0.2, 0.25) is 0 Å². The van der Waals surface area contributed by atoms with Crippen molar-refractivity contribution < 1.29 is 4.79 Å². The number of rotatable bonds is 6. The zero-order valence-electron chi connectivity index (χ0n) is 12.5. The first-order valence-corrected chi connectivity index (χ1v) is 7.29. The van der Waals surface area contributed by atoms with E-state index in [9.17, 15) is 4.79 Å². The Kier molecular flexibility index (Phi) is 6.09. The zero-order valence-corrected chi connectivity index (χ0v) is 12.5. The summed E-state index contributed by atoms with van der Waals surface area (Å²) < 4.78 is 0. The van der Waals surface area contributed by atoms with Crippen LogP contribution in [0.3, 0.4) is 0 Å². The summed E-state index contributed by atoms with van der Waals surface area (Å²) in [4.78, 5) is 17.0. The van der Waals surface area contributed by atoms with Gasteiger partial charge in [-0.05, 0) is 26.7 Å². The highest BCUT2D eigenvalue weighted by Gasteiger charge is 2.37. The molecule has 1 fully saturated rings. The summed E-state index contributed by atoms with van der Waals surface area (Å²) in [6.07, 6.45) is 2.06. The number of piperazine rings is 1. The van der Waals surface area contributed by atoms with Crippen molar-refractivity contribution >= 4 is 5.91 Å². The molecule has 0 unspecified atom stereocenters. The molecule has 18 heavy (non-hydrogen) atoms. The van der Waals surface area contributed by atoms with Crippen molar-refractivity contribution in [3.05, 3.63) is 0 Å². The molecule has 0 atom stereocenters. The Labute approximate surface area is 112 Å². The summed E-state index contributed by atoms with van der Waals surface area (Å²) in [5.41, 5.74) is -0.369. The number of carbonyl (C=O) groups excluding carboxylic acids is 1. The molecule has 106 valence electrons. The smallest absolute Gasteiger partial charge is 0.242 e. The second kappa shape index (κ2) is 7.10. The van der Waals surface area contributed by atoms with Crippen LogP contribution in [0.15, 0.2) is 0 Å². The minimum atomic E-state index is -0.369. The molecule has 0 radical (unpaired) electrons. The maximum absolute atomic E-state index is 12.7. The van der Waals surface area contributed by atoms with Gasteiger partial charge in [-0.25, -0.2) is 0 Å². The van der Waals surface area contributed by atoms with E-state index in [0.29, 0.717) is 0 Å². The van der Waals surface area contributed by atoms with Crippen molar-refractivity contribution in [1.29, 1.82) is 0 Å². The number of amides is 1. The molecule has 0 aliphatic carbocycles. The SMILES string of the molecule is CCCN(CCC)C(=O)C(C)(C)N1CCNCC1. The third-order valence-corrected chi connectivity index (χ3v) is 3.71. The third-order valence-electron chi connectivity index (χ3n) is 3.71. The molecule has 0 aromatic heterocycles. The lowest BCUT2D eigenvalue weighted by atomic mass is 9.99. The number of hydrogen-bond acceptors (Lipinski definition) is 3. The highest BCUT2D eigenvalue weighted by Crippen LogP contribution is 2.19. The molecule has 4 heteroatoms. The van der Waals surface area contributed by atoms with E-state index < -0.39 is 0 Å². The molecule has 0 saturated carbocycles. The Hall–Kier alpha value is -0.610. The summed E-state index contributed by atoms with van der Waals surface area (Å²) >= 11 is 0. The van der Waals surface area contributed by atoms with Gasteiger partial charge in [-0.15, -0.1) is 0 Å². The van der Waals surface area contributed by atoms with Crippen molar-refractivity contribution in [3.8, 4) is 0 Å². The Balaban J connectivity index is 2.70. The van der Waals surface area contributed by atoms with E-state index in [-0.39, 0.29) is 11.4 Å². The maximum atomic E-state index is 12.7. The fourth-order valence-electron chi connectivity index (χ4n) is 2.60. The van der Waals surface area contributed by atoms with Crippen LogP contribution in [0.4, 0.5) is 0 Å². The Morgan fingerprint density at radius 3 is 2.11 bits per heavy atom. The fourth-order valence-corrected chi connectivity index (χ4v) is 2.60. The van der Waals surface area contributed by atoms with E-state index in [4.69, 9.17) is 0 Å². The van der Waals surface area contributed by atoms with Gasteiger partial charge >= 0.3 is 0 Å². The first kappa shape index (κ1) is 15.4. The van der Waals surface area contributed by atoms with Crippen LogP contribution in [-0.2, 0) is 4.79 Å². The fraction of sp³-hybridized carbons (Fsp3) is 0.929. The predicted octanol–water partition coefficient (Wildman–Crippen LogP) is 1.32. The Morgan fingerprint density at radius 2 is 1.67 bits per heavy atom. The minimum Gasteiger partial charge on any atom is -0.341 e. The lowest BCUT2D eigenvalue weighted by Gasteiger charge is -2.42. The standard InChI is InChI=1S/C14H29N3O/c1-5-9-16(10-6-2)13(18)14(3,4)17-11-7-15-8-12-17/h15H,5-12H2,1-4H3. The molecule has 0 aromatic rings. The van der Waals surface area contributed by atoms with Crippen molar-refractivity contribution in [2.75, 3.05) is 39.3 Å². The van der Waals surface area contributed by atoms with Gasteiger partial charge in [0.05, 0.1) is 5.54 Å². The summed E-state index contributed by atoms with van der Waals surface area (Å²) in [5, 5.41) is 3.34. The number of nitrogens with zero attached hydrogens (tertiary/aromatic N) is 2. The van der Waals surface area contributed by atoms with E-state index in [1.54, 1.807) is 0 Å². The van der Waals surface area contributed by atoms with Gasteiger partial charge in [-0.3, -0.25) is 9.69 Å². The molecule has 0 aromatic carbocycles. The minimum absolute atomic E-state index is 0.285. The molecule has 0 bridgehead atoms. The average molecular weight is 255 g/mol. The van der Waals surface area contributed by atoms with Crippen LogP contribution < -0.4 is 5.32 Å². The van der Waals surface area contributed by atoms with Gasteiger partial charge in [0.25, 0.3) is 0 Å². The van der Waals surface area contributed by atoms with Gasteiger partial charge in [-0.1, -0.05) is 13.8 Å². The van der Waals surface area contributed by atoms with Gasteiger partial charge in [-0.2, -0.15) is 0 Å². The van der Waals surface area contributed by atoms with E-state index in [1.165, 1.54) is 0 Å². The second-order valence-electron chi connectivity index (χ2n) is 5.59. The molecule has 1 aliphatic heterocycles. The largest absolute Gasteiger partial charge is 0.341 e. The first-order chi connectivity index (χ1) is 8.54. The van der Waals surface area contributed by atoms with Crippen LogP contribution in [0.5, 0.6) is 0 Å². The number of carbonyl (C=O) groups is 1. The van der Waals surface area contributed by atoms with Crippen LogP contribution in [-0.4, -0.2) is 60.5 Å². The molecule has 1 N–H and O–H groups in total. The summed E-state index contributed by atoms with van der Waals surface area (Å²) in [6.45, 7) is 14.1. The van der Waals surface area contributed by atoms with Crippen molar-refractivity contribution in [2.45, 2.75) is 46.1 Å². The molecule has 0 spiro atoms. The lowest BCUT2D eigenvalue weighted by molar-refractivity contribution is -0.143. The number of nitrogens with one attached hydrogen (secondary N) is 1. The van der Waals surface area contributed by atoms with Crippen LogP contribution in [0.1, 0.15) is 40.5 Å². The summed E-state index contributed by atoms with van der Waals surface area (Å²) in [7, 11) is 0. The normalized spacial score (nSPS) is 17.8. The third kappa shape index (κ3) is 3.69. The Morgan fingerprint density at radius 1 is 1.17 bits per heavy atom. The predicted molar refractivity (Wildman–Crippen MR) is 75.7 cm³/mol. The zero-order chi connectivity index (χ0) is 13.6. The highest BCUT2D eigenvalue weighted by molar-refractivity contribution is 5.85. The quantitative estimate of drug-likeness (QED) is 0.777. The van der Waals surface area contributed by atoms with Crippen molar-refractivity contribution in [3.63, 3.8) is 0 Å². The molecule has 1 heterocycles. The number of hydrogen-bond donors (Lipinski definition) is 1. The van der Waals surface area contributed by atoms with E-state index in [1.807, 2.05) is 4.90 Å². The summed E-state index contributed by atoms with van der Waals surface area (Å²) in [5.74, 6) is 0.285. The van der Waals surface area contributed by atoms with Gasteiger partial charge in [0.1, 0.15) is 0 Å². The monoisotopic (exact) mass is 255 g/mol. The summed E-state index contributed by atoms with van der Waals surface area (Å²) in [6, 6.07) is 0. The van der Waals surface area contributed by atoms with E-state index >= 15 is 0 Å². The second-order valence-corrected chi connectivity index (χ2v) is 5.59. The van der Waals surface area contributed by atoms with Gasteiger partial charge < -0.3 is 10.2 Å². The molecule has 4 nitrogen and oxygen atoms in total. The van der Waals surface area contributed by atoms with Gasteiger partial charge in [0.2, 0.25) is 5.91 Å². The van der Waals surface area contributed by atoms with Crippen LogP contribution in [0.25, 0.3) is 0 Å². The van der Waals surface area contributed by atoms with Crippen LogP contribution >= 0.6 is 0 Å². The average Bonchev–Trinajstić information content (AvgIpc) is 2.38. The lowest BCUT2D eigenvalue weighted by Crippen LogP contribution is -2.60. The van der Waals surface area contributed by atoms with Crippen molar-refractivity contribution in [1.82, 2.24) is 15.1 Å². The molecule has 1 saturated heterocycles. The van der Waals surface area contributed by atoms with Gasteiger partial charge in [0, 0.05) is 39.3 Å². The molecular formula is C14H29N3O. The van der Waals surface area contributed by atoms with Gasteiger partial charge in [0.15, 0.2) is 0 Å². The van der Waals surface area contributed by atoms with Crippen molar-refractivity contribution in [2.24, 2.45) is 0 Å². The molecule has 1 rings (SSSR count). The van der Waals surface area contributed by atoms with Crippen LogP contribution in [0, 0.1) is 0 Å². The van der Waals surface area contributed by atoms with E-state index in [0.717, 1.165) is 52.1 Å². The molecule has 1 aliphatic rings. The van der Waals surface area contributed by atoms with E-state index in [2.05, 4.69) is 37.9 Å². The topological polar surface area (TPSA) is 35.6 Å². The Bertz CT molecular complexity index is 254. The molecule has 1 amide bonds. The highest BCUT2D eigenvalue weighted by atomic mass is 16.2. The molecular weight excluding hydrogens is 226 g/mol. The maximum Gasteiger partial charge on any atom is 0.242 e. The first-order valence-electron chi connectivity index (χ1n) is 7.29.